The standard InChI is InChI=1S/C21H18Cl2N6O3/c1-3-11-31-21(30)27(2)29-14-28(20(25-13-24)32-16-7-5-4-6-8-16)26-19(29)15-9-10-17(22)18(23)12-15/h3-10,12H,1,11,14H2,2H3. The molecule has 0 aliphatic carbocycles. The second-order valence-corrected chi connectivity index (χ2v) is 7.11. The van der Waals surface area contributed by atoms with Crippen molar-refractivity contribution in [2.24, 2.45) is 10.1 Å². The zero-order chi connectivity index (χ0) is 23.1. The quantitative estimate of drug-likeness (QED) is 0.278. The second-order valence-electron chi connectivity index (χ2n) is 6.29. The normalized spacial score (nSPS) is 13.3. The fraction of sp³-hybridized carbons (Fsp3) is 0.143. The van der Waals surface area contributed by atoms with Gasteiger partial charge in [0.25, 0.3) is 0 Å². The molecule has 1 heterocycles. The Hall–Kier alpha value is -3.74. The Morgan fingerprint density at radius 3 is 2.72 bits per heavy atom. The fourth-order valence-corrected chi connectivity index (χ4v) is 2.96. The molecule has 1 amide bonds. The summed E-state index contributed by atoms with van der Waals surface area (Å²) in [7, 11) is 1.52. The first-order valence-corrected chi connectivity index (χ1v) is 10.00. The van der Waals surface area contributed by atoms with Crippen LogP contribution in [0.5, 0.6) is 5.75 Å². The van der Waals surface area contributed by atoms with Gasteiger partial charge in [-0.25, -0.2) is 14.8 Å². The van der Waals surface area contributed by atoms with E-state index in [-0.39, 0.29) is 19.3 Å². The molecular formula is C21H18Cl2N6O3. The van der Waals surface area contributed by atoms with Crippen molar-refractivity contribution in [1.29, 1.82) is 5.26 Å². The number of halogens is 2. The molecule has 0 spiro atoms. The van der Waals surface area contributed by atoms with Crippen molar-refractivity contribution in [2.45, 2.75) is 0 Å². The minimum atomic E-state index is -0.637. The van der Waals surface area contributed by atoms with Crippen LogP contribution in [0.15, 0.2) is 71.3 Å². The third-order valence-electron chi connectivity index (χ3n) is 4.18. The maximum absolute atomic E-state index is 12.5. The predicted molar refractivity (Wildman–Crippen MR) is 121 cm³/mol. The Morgan fingerprint density at radius 2 is 2.06 bits per heavy atom. The summed E-state index contributed by atoms with van der Waals surface area (Å²) in [4.78, 5) is 16.2. The van der Waals surface area contributed by atoms with Crippen molar-refractivity contribution in [3.63, 3.8) is 0 Å². The van der Waals surface area contributed by atoms with Gasteiger partial charge < -0.3 is 9.47 Å². The van der Waals surface area contributed by atoms with E-state index in [9.17, 15) is 4.79 Å². The fourth-order valence-electron chi connectivity index (χ4n) is 2.67. The summed E-state index contributed by atoms with van der Waals surface area (Å²) in [6.45, 7) is 3.58. The Bertz CT molecular complexity index is 1100. The van der Waals surface area contributed by atoms with Gasteiger partial charge >= 0.3 is 12.1 Å². The van der Waals surface area contributed by atoms with Crippen LogP contribution in [0.4, 0.5) is 4.79 Å². The Kier molecular flexibility index (Phi) is 7.54. The number of hydrogen-bond acceptors (Lipinski definition) is 7. The number of hydrazine groups is 1. The molecule has 0 N–H and O–H groups in total. The third-order valence-corrected chi connectivity index (χ3v) is 4.91. The molecule has 0 saturated heterocycles. The highest BCUT2D eigenvalue weighted by Gasteiger charge is 2.34. The molecule has 0 unspecified atom stereocenters. The lowest BCUT2D eigenvalue weighted by Crippen LogP contribution is -2.48. The molecule has 9 nitrogen and oxygen atoms in total. The van der Waals surface area contributed by atoms with Gasteiger partial charge in [0.05, 0.1) is 10.0 Å². The first-order valence-electron chi connectivity index (χ1n) is 9.24. The second kappa shape index (κ2) is 10.5. The molecule has 0 fully saturated rings. The zero-order valence-corrected chi connectivity index (χ0v) is 18.5. The van der Waals surface area contributed by atoms with Crippen LogP contribution >= 0.6 is 23.2 Å². The van der Waals surface area contributed by atoms with Crippen LogP contribution in [0.3, 0.4) is 0 Å². The van der Waals surface area contributed by atoms with Gasteiger partial charge in [-0.2, -0.15) is 10.3 Å². The molecule has 164 valence electrons. The third kappa shape index (κ3) is 5.29. The van der Waals surface area contributed by atoms with Crippen molar-refractivity contribution < 1.29 is 14.3 Å². The van der Waals surface area contributed by atoms with Crippen LogP contribution < -0.4 is 4.74 Å². The van der Waals surface area contributed by atoms with Crippen LogP contribution in [0.2, 0.25) is 10.0 Å². The van der Waals surface area contributed by atoms with Crippen molar-refractivity contribution >= 4 is 41.2 Å². The number of aliphatic imine (C=N–C) groups is 1. The Labute approximate surface area is 194 Å². The van der Waals surface area contributed by atoms with Gasteiger partial charge in [-0.3, -0.25) is 0 Å². The number of para-hydroxylation sites is 1. The molecule has 0 atom stereocenters. The van der Waals surface area contributed by atoms with Crippen LogP contribution in [0.25, 0.3) is 0 Å². The van der Waals surface area contributed by atoms with E-state index >= 15 is 0 Å². The lowest BCUT2D eigenvalue weighted by molar-refractivity contribution is 0.0384. The highest BCUT2D eigenvalue weighted by atomic mass is 35.5. The first-order chi connectivity index (χ1) is 15.4. The van der Waals surface area contributed by atoms with Gasteiger partial charge in [0.1, 0.15) is 19.0 Å². The number of hydrogen-bond donors (Lipinski definition) is 0. The van der Waals surface area contributed by atoms with Gasteiger partial charge in [0.15, 0.2) is 5.84 Å². The summed E-state index contributed by atoms with van der Waals surface area (Å²) in [6, 6.07) is 13.7. The number of amidine groups is 2. The molecule has 3 rings (SSSR count). The number of ether oxygens (including phenoxy) is 2. The van der Waals surface area contributed by atoms with E-state index in [2.05, 4.69) is 16.7 Å². The van der Waals surface area contributed by atoms with Gasteiger partial charge in [-0.1, -0.05) is 54.1 Å². The molecule has 2 aromatic carbocycles. The molecule has 2 aromatic rings. The Balaban J connectivity index is 1.97. The largest absolute Gasteiger partial charge is 0.444 e. The highest BCUT2D eigenvalue weighted by Crippen LogP contribution is 2.26. The predicted octanol–water partition coefficient (Wildman–Crippen LogP) is 4.32. The number of carbonyl (C=O) groups excluding carboxylic acids is 1. The summed E-state index contributed by atoms with van der Waals surface area (Å²) < 4.78 is 10.9. The molecule has 32 heavy (non-hydrogen) atoms. The maximum Gasteiger partial charge on any atom is 0.428 e. The number of nitriles is 1. The molecule has 0 bridgehead atoms. The summed E-state index contributed by atoms with van der Waals surface area (Å²) in [6.07, 6.45) is 2.53. The van der Waals surface area contributed by atoms with E-state index in [4.69, 9.17) is 37.9 Å². The van der Waals surface area contributed by atoms with Gasteiger partial charge in [-0.15, -0.1) is 10.1 Å². The maximum atomic E-state index is 12.5. The SMILES string of the molecule is C=CCOC(=O)N(C)N1CN(C(=NC#N)Oc2ccccc2)N=C1c1ccc(Cl)c(Cl)c1. The molecule has 11 heteroatoms. The number of hydrazone groups is 1. The van der Waals surface area contributed by atoms with Gasteiger partial charge in [0, 0.05) is 12.6 Å². The summed E-state index contributed by atoms with van der Waals surface area (Å²) in [5, 5.41) is 18.4. The van der Waals surface area contributed by atoms with E-state index < -0.39 is 6.09 Å². The smallest absolute Gasteiger partial charge is 0.428 e. The van der Waals surface area contributed by atoms with E-state index in [1.807, 2.05) is 6.07 Å². The van der Waals surface area contributed by atoms with Crippen LogP contribution in [0.1, 0.15) is 5.56 Å². The van der Waals surface area contributed by atoms with Crippen LogP contribution in [-0.2, 0) is 4.74 Å². The molecular weight excluding hydrogens is 455 g/mol. The lowest BCUT2D eigenvalue weighted by Gasteiger charge is -2.29. The topological polar surface area (TPSA) is 93.8 Å². The average molecular weight is 473 g/mol. The summed E-state index contributed by atoms with van der Waals surface area (Å²) >= 11 is 12.2. The van der Waals surface area contributed by atoms with Gasteiger partial charge in [-0.05, 0) is 30.3 Å². The number of amides is 1. The zero-order valence-electron chi connectivity index (χ0n) is 17.0. The lowest BCUT2D eigenvalue weighted by atomic mass is 10.2. The monoisotopic (exact) mass is 472 g/mol. The molecule has 1 aliphatic heterocycles. The van der Waals surface area contributed by atoms with E-state index in [0.29, 0.717) is 27.2 Å². The molecule has 1 aliphatic rings. The summed E-state index contributed by atoms with van der Waals surface area (Å²) in [5.74, 6) is 0.800. The minimum absolute atomic E-state index is 0.00259. The molecule has 0 radical (unpaired) electrons. The number of benzene rings is 2. The van der Waals surface area contributed by atoms with E-state index in [1.54, 1.807) is 48.7 Å². The van der Waals surface area contributed by atoms with Crippen molar-refractivity contribution in [2.75, 3.05) is 20.3 Å². The number of rotatable bonds is 5. The first kappa shape index (κ1) is 22.9. The van der Waals surface area contributed by atoms with E-state index in [1.165, 1.54) is 28.2 Å². The van der Waals surface area contributed by atoms with E-state index in [0.717, 1.165) is 0 Å². The van der Waals surface area contributed by atoms with Crippen molar-refractivity contribution in [3.8, 4) is 11.9 Å². The van der Waals surface area contributed by atoms with Crippen LogP contribution in [0, 0.1) is 11.5 Å². The molecule has 0 saturated carbocycles. The van der Waals surface area contributed by atoms with Crippen molar-refractivity contribution in [3.05, 3.63) is 76.8 Å². The number of carbonyl (C=O) groups is 1. The minimum Gasteiger partial charge on any atom is -0.444 e. The summed E-state index contributed by atoms with van der Waals surface area (Å²) in [5.41, 5.74) is 0.571. The van der Waals surface area contributed by atoms with Crippen LogP contribution in [-0.4, -0.2) is 53.3 Å². The highest BCUT2D eigenvalue weighted by molar-refractivity contribution is 6.42. The Morgan fingerprint density at radius 1 is 1.31 bits per heavy atom. The van der Waals surface area contributed by atoms with Crippen molar-refractivity contribution in [1.82, 2.24) is 15.0 Å². The average Bonchev–Trinajstić information content (AvgIpc) is 3.24. The molecule has 0 aromatic heterocycles. The number of nitrogens with zero attached hydrogens (tertiary/aromatic N) is 6. The van der Waals surface area contributed by atoms with Gasteiger partial charge in [0.2, 0.25) is 6.19 Å².